The fourth-order valence-electron chi connectivity index (χ4n) is 6.27. The Morgan fingerprint density at radius 2 is 0.608 bits per heavy atom. The SMILES string of the molecule is CCCCCCCCCCCCc1ccc([NH3+])cc1.CCCCCCCCCCCCc1ccc([NH3+])cc1.CCCCc1ccc(B([O-])[O-])cc1. The standard InChI is InChI=1S/2C18H31N.C10H13BO2/c2*1-2-3-4-5-6-7-8-9-10-11-12-17-13-15-18(19)16-14-17;1-2-3-4-9-5-7-10(8-6-9)11(12)13/h2*13-16H,2-12,19H2,1H3;5-8H,2-4H2,1H3/q;;-2/p+2. The van der Waals surface area contributed by atoms with Gasteiger partial charge in [-0.25, -0.2) is 0 Å². The summed E-state index contributed by atoms with van der Waals surface area (Å²) in [5, 5.41) is 21.0. The number of aryl methyl sites for hydroxylation is 3. The summed E-state index contributed by atoms with van der Waals surface area (Å²) in [7, 11) is -1.85. The van der Waals surface area contributed by atoms with Crippen molar-refractivity contribution < 1.29 is 21.5 Å². The molecule has 0 atom stereocenters. The van der Waals surface area contributed by atoms with Gasteiger partial charge in [0.2, 0.25) is 0 Å². The summed E-state index contributed by atoms with van der Waals surface area (Å²) in [6.45, 7) is 6.70. The van der Waals surface area contributed by atoms with Crippen LogP contribution in [0.15, 0.2) is 72.8 Å². The summed E-state index contributed by atoms with van der Waals surface area (Å²) in [4.78, 5) is 0. The van der Waals surface area contributed by atoms with Gasteiger partial charge in [0.25, 0.3) is 0 Å². The van der Waals surface area contributed by atoms with Crippen molar-refractivity contribution >= 4 is 24.0 Å². The molecule has 0 heterocycles. The maximum absolute atomic E-state index is 10.5. The van der Waals surface area contributed by atoms with Crippen LogP contribution in [-0.2, 0) is 19.3 Å². The first kappa shape index (κ1) is 46.6. The van der Waals surface area contributed by atoms with Gasteiger partial charge < -0.3 is 21.5 Å². The third kappa shape index (κ3) is 27.8. The average molecular weight is 701 g/mol. The van der Waals surface area contributed by atoms with E-state index in [0.717, 1.165) is 30.6 Å². The lowest BCUT2D eigenvalue weighted by atomic mass is 9.80. The van der Waals surface area contributed by atoms with Crippen molar-refractivity contribution in [3.05, 3.63) is 89.5 Å². The number of rotatable bonds is 26. The minimum Gasteiger partial charge on any atom is -0.889 e. The Balaban J connectivity index is 0.000000390. The van der Waals surface area contributed by atoms with Gasteiger partial charge in [0.1, 0.15) is 11.4 Å². The van der Waals surface area contributed by atoms with Crippen LogP contribution in [0.1, 0.15) is 179 Å². The van der Waals surface area contributed by atoms with Gasteiger partial charge in [-0.15, -0.1) is 5.46 Å². The van der Waals surface area contributed by atoms with E-state index in [2.05, 4.69) is 80.8 Å². The zero-order valence-corrected chi connectivity index (χ0v) is 33.4. The minimum atomic E-state index is -1.85. The Morgan fingerprint density at radius 3 is 0.902 bits per heavy atom. The van der Waals surface area contributed by atoms with E-state index in [1.54, 1.807) is 12.1 Å². The molecule has 0 amide bonds. The molecule has 0 fully saturated rings. The number of unbranched alkanes of at least 4 members (excludes halogenated alkanes) is 19. The Morgan fingerprint density at radius 1 is 0.353 bits per heavy atom. The van der Waals surface area contributed by atoms with Crippen molar-refractivity contribution in [2.75, 3.05) is 0 Å². The van der Waals surface area contributed by atoms with Crippen LogP contribution in [0.3, 0.4) is 0 Å². The summed E-state index contributed by atoms with van der Waals surface area (Å²) in [5.74, 6) is 0. The summed E-state index contributed by atoms with van der Waals surface area (Å²) < 4.78 is 0. The monoisotopic (exact) mass is 701 g/mol. The van der Waals surface area contributed by atoms with Crippen LogP contribution in [0.2, 0.25) is 0 Å². The van der Waals surface area contributed by atoms with Gasteiger partial charge >= 0.3 is 0 Å². The summed E-state index contributed by atoms with van der Waals surface area (Å²) >= 11 is 0. The average Bonchev–Trinajstić information content (AvgIpc) is 3.14. The third-order valence-electron chi connectivity index (χ3n) is 9.75. The van der Waals surface area contributed by atoms with E-state index in [-0.39, 0.29) is 0 Å². The highest BCUT2D eigenvalue weighted by Crippen LogP contribution is 2.14. The molecule has 0 unspecified atom stereocenters. The lowest BCUT2D eigenvalue weighted by molar-refractivity contribution is -0.341. The second-order valence-electron chi connectivity index (χ2n) is 14.7. The van der Waals surface area contributed by atoms with Crippen LogP contribution in [0.5, 0.6) is 0 Å². The van der Waals surface area contributed by atoms with Gasteiger partial charge in [-0.05, 0) is 79.5 Å². The molecule has 4 nitrogen and oxygen atoms in total. The maximum atomic E-state index is 10.5. The molecular weight excluding hydrogens is 623 g/mol. The predicted molar refractivity (Wildman–Crippen MR) is 220 cm³/mol. The molecule has 0 aromatic heterocycles. The Kier molecular flexibility index (Phi) is 30.5. The first-order valence-corrected chi connectivity index (χ1v) is 21.1. The molecule has 0 spiro atoms. The topological polar surface area (TPSA) is 101 Å². The van der Waals surface area contributed by atoms with Crippen molar-refractivity contribution in [1.82, 2.24) is 0 Å². The molecule has 6 N–H and O–H groups in total. The molecule has 51 heavy (non-hydrogen) atoms. The van der Waals surface area contributed by atoms with Crippen molar-refractivity contribution in [3.8, 4) is 0 Å². The van der Waals surface area contributed by atoms with Gasteiger partial charge in [0.05, 0.1) is 0 Å². The van der Waals surface area contributed by atoms with Gasteiger partial charge in [-0.3, -0.25) is 0 Å². The normalized spacial score (nSPS) is 10.6. The summed E-state index contributed by atoms with van der Waals surface area (Å²) in [5.41, 5.74) is 14.5. The van der Waals surface area contributed by atoms with Crippen molar-refractivity contribution in [2.45, 2.75) is 181 Å². The molecule has 0 radical (unpaired) electrons. The molecule has 3 aromatic carbocycles. The molecule has 3 rings (SSSR count). The molecule has 0 aliphatic carbocycles. The van der Waals surface area contributed by atoms with E-state index >= 15 is 0 Å². The lowest BCUT2D eigenvalue weighted by Crippen LogP contribution is -2.55. The number of benzene rings is 3. The van der Waals surface area contributed by atoms with Crippen LogP contribution < -0.4 is 27.0 Å². The number of hydrogen-bond donors (Lipinski definition) is 2. The molecule has 0 saturated heterocycles. The van der Waals surface area contributed by atoms with Crippen molar-refractivity contribution in [2.24, 2.45) is 0 Å². The molecule has 0 bridgehead atoms. The smallest absolute Gasteiger partial charge is 0.127 e. The molecule has 0 saturated carbocycles. The Hall–Kier alpha value is -2.44. The van der Waals surface area contributed by atoms with Crippen LogP contribution in [0.25, 0.3) is 0 Å². The van der Waals surface area contributed by atoms with Gasteiger partial charge in [-0.2, -0.15) is 0 Å². The van der Waals surface area contributed by atoms with Gasteiger partial charge in [-0.1, -0.05) is 198 Å². The zero-order valence-electron chi connectivity index (χ0n) is 33.4. The van der Waals surface area contributed by atoms with Crippen LogP contribution in [0.4, 0.5) is 11.4 Å². The highest BCUT2D eigenvalue weighted by Gasteiger charge is 1.98. The van der Waals surface area contributed by atoms with Gasteiger partial charge in [0, 0.05) is 0 Å². The molecular formula is C46H77BN2O2. The van der Waals surface area contributed by atoms with Crippen molar-refractivity contribution in [3.63, 3.8) is 0 Å². The molecule has 3 aromatic rings. The van der Waals surface area contributed by atoms with E-state index in [4.69, 9.17) is 0 Å². The van der Waals surface area contributed by atoms with E-state index < -0.39 is 7.12 Å². The predicted octanol–water partition coefficient (Wildman–Crippen LogP) is 9.49. The molecule has 0 aliphatic rings. The highest BCUT2D eigenvalue weighted by atomic mass is 16.4. The fraction of sp³-hybridized carbons (Fsp3) is 0.609. The van der Waals surface area contributed by atoms with E-state index in [1.165, 1.54) is 158 Å². The fourth-order valence-corrected chi connectivity index (χ4v) is 6.27. The molecule has 0 aliphatic heterocycles. The van der Waals surface area contributed by atoms with Crippen LogP contribution >= 0.6 is 0 Å². The lowest BCUT2D eigenvalue weighted by Gasteiger charge is -2.26. The second kappa shape index (κ2) is 33.4. The number of quaternary nitrogens is 2. The van der Waals surface area contributed by atoms with Crippen molar-refractivity contribution in [1.29, 1.82) is 0 Å². The first-order valence-electron chi connectivity index (χ1n) is 21.1. The number of hydrogen-bond acceptors (Lipinski definition) is 2. The molecule has 5 heteroatoms. The molecule has 286 valence electrons. The summed E-state index contributed by atoms with van der Waals surface area (Å²) in [6.07, 6.45) is 34.1. The second-order valence-corrected chi connectivity index (χ2v) is 14.7. The van der Waals surface area contributed by atoms with Crippen LogP contribution in [-0.4, -0.2) is 7.12 Å². The maximum Gasteiger partial charge on any atom is 0.127 e. The highest BCUT2D eigenvalue weighted by molar-refractivity contribution is 6.55. The Labute approximate surface area is 315 Å². The largest absolute Gasteiger partial charge is 0.889 e. The zero-order chi connectivity index (χ0) is 37.2. The van der Waals surface area contributed by atoms with Crippen LogP contribution in [0, 0.1) is 0 Å². The van der Waals surface area contributed by atoms with E-state index in [1.807, 2.05) is 12.1 Å². The first-order chi connectivity index (χ1) is 24.9. The quantitative estimate of drug-likeness (QED) is 0.0644. The van der Waals surface area contributed by atoms with Gasteiger partial charge in [0.15, 0.2) is 0 Å². The third-order valence-corrected chi connectivity index (χ3v) is 9.75. The Bertz CT molecular complexity index is 1080. The van der Waals surface area contributed by atoms with E-state index in [0.29, 0.717) is 5.46 Å². The minimum absolute atomic E-state index is 0.334. The summed E-state index contributed by atoms with van der Waals surface area (Å²) in [6, 6.07) is 24.3. The van der Waals surface area contributed by atoms with E-state index in [9.17, 15) is 10.0 Å².